The Labute approximate surface area is 123 Å². The van der Waals surface area contributed by atoms with E-state index in [0.29, 0.717) is 11.1 Å². The molecule has 0 amide bonds. The molecular formula is C13H19ClN4O2. The Morgan fingerprint density at radius 1 is 1.45 bits per heavy atom. The van der Waals surface area contributed by atoms with E-state index in [9.17, 15) is 10.1 Å². The number of non-ortho nitro benzene ring substituents is 1. The first-order chi connectivity index (χ1) is 9.47. The Hall–Kier alpha value is -1.37. The van der Waals surface area contributed by atoms with Gasteiger partial charge in [-0.3, -0.25) is 15.0 Å². The van der Waals surface area contributed by atoms with Gasteiger partial charge in [0.2, 0.25) is 0 Å². The van der Waals surface area contributed by atoms with E-state index in [4.69, 9.17) is 11.6 Å². The molecule has 0 radical (unpaired) electrons. The highest BCUT2D eigenvalue weighted by atomic mass is 35.5. The van der Waals surface area contributed by atoms with Crippen LogP contribution in [0.25, 0.3) is 0 Å². The first-order valence-corrected chi connectivity index (χ1v) is 6.92. The molecule has 1 aliphatic rings. The van der Waals surface area contributed by atoms with Gasteiger partial charge in [0, 0.05) is 44.4 Å². The third kappa shape index (κ3) is 3.59. The van der Waals surface area contributed by atoms with Crippen molar-refractivity contribution in [1.82, 2.24) is 9.80 Å². The number of halogens is 1. The zero-order valence-corrected chi connectivity index (χ0v) is 12.4. The predicted molar refractivity (Wildman–Crippen MR) is 80.5 cm³/mol. The number of benzene rings is 1. The van der Waals surface area contributed by atoms with Crippen LogP contribution >= 0.6 is 11.6 Å². The molecule has 110 valence electrons. The van der Waals surface area contributed by atoms with E-state index >= 15 is 0 Å². The van der Waals surface area contributed by atoms with Gasteiger partial charge in [0.05, 0.1) is 15.6 Å². The fourth-order valence-corrected chi connectivity index (χ4v) is 2.55. The largest absolute Gasteiger partial charge is 0.382 e. The van der Waals surface area contributed by atoms with Crippen LogP contribution in [0, 0.1) is 10.1 Å². The number of rotatable bonds is 4. The van der Waals surface area contributed by atoms with Crippen molar-refractivity contribution in [2.24, 2.45) is 0 Å². The zero-order chi connectivity index (χ0) is 14.7. The number of piperazine rings is 1. The third-order valence-corrected chi connectivity index (χ3v) is 3.98. The second kappa shape index (κ2) is 6.39. The molecule has 2 rings (SSSR count). The lowest BCUT2D eigenvalue weighted by molar-refractivity contribution is -0.384. The van der Waals surface area contributed by atoms with E-state index in [1.165, 1.54) is 12.1 Å². The molecule has 1 atom stereocenters. The quantitative estimate of drug-likeness (QED) is 0.679. The van der Waals surface area contributed by atoms with Crippen molar-refractivity contribution in [3.05, 3.63) is 33.3 Å². The summed E-state index contributed by atoms with van der Waals surface area (Å²) in [6.07, 6.45) is 0. The molecule has 6 nitrogen and oxygen atoms in total. The molecule has 1 unspecified atom stereocenters. The van der Waals surface area contributed by atoms with Crippen LogP contribution in [0.2, 0.25) is 5.02 Å². The number of nitrogens with one attached hydrogen (secondary N) is 1. The standard InChI is InChI=1S/C13H19ClN4O2/c1-16-5-6-17(2)11(9-16)8-15-13-4-3-10(18(19)20)7-12(13)14/h3-4,7,11,15H,5-6,8-9H2,1-2H3. The van der Waals surface area contributed by atoms with Crippen molar-refractivity contribution in [3.8, 4) is 0 Å². The highest BCUT2D eigenvalue weighted by Gasteiger charge is 2.22. The molecule has 0 aromatic heterocycles. The number of nitrogens with zero attached hydrogens (tertiary/aromatic N) is 3. The molecule has 1 heterocycles. The smallest absolute Gasteiger partial charge is 0.271 e. The fourth-order valence-electron chi connectivity index (χ4n) is 2.31. The summed E-state index contributed by atoms with van der Waals surface area (Å²) in [5.74, 6) is 0. The summed E-state index contributed by atoms with van der Waals surface area (Å²) in [5, 5.41) is 14.3. The van der Waals surface area contributed by atoms with Crippen molar-refractivity contribution in [2.45, 2.75) is 6.04 Å². The minimum Gasteiger partial charge on any atom is -0.382 e. The monoisotopic (exact) mass is 298 g/mol. The second-order valence-corrected chi connectivity index (χ2v) is 5.61. The van der Waals surface area contributed by atoms with Crippen LogP contribution in [-0.4, -0.2) is 61.0 Å². The summed E-state index contributed by atoms with van der Waals surface area (Å²) < 4.78 is 0. The van der Waals surface area contributed by atoms with Gasteiger partial charge in [-0.15, -0.1) is 0 Å². The van der Waals surface area contributed by atoms with Gasteiger partial charge in [-0.2, -0.15) is 0 Å². The summed E-state index contributed by atoms with van der Waals surface area (Å²) in [5.41, 5.74) is 0.744. The number of hydrogen-bond donors (Lipinski definition) is 1. The molecular weight excluding hydrogens is 280 g/mol. The maximum Gasteiger partial charge on any atom is 0.271 e. The SMILES string of the molecule is CN1CCN(C)C(CNc2ccc([N+](=O)[O-])cc2Cl)C1. The Morgan fingerprint density at radius 3 is 2.85 bits per heavy atom. The number of likely N-dealkylation sites (N-methyl/N-ethyl adjacent to an activating group) is 2. The van der Waals surface area contributed by atoms with Crippen molar-refractivity contribution in [2.75, 3.05) is 45.6 Å². The van der Waals surface area contributed by atoms with Crippen LogP contribution in [0.1, 0.15) is 0 Å². The molecule has 0 bridgehead atoms. The molecule has 1 aromatic carbocycles. The molecule has 1 aromatic rings. The predicted octanol–water partition coefficient (Wildman–Crippen LogP) is 1.91. The van der Waals surface area contributed by atoms with Gasteiger partial charge in [-0.1, -0.05) is 11.6 Å². The number of nitro groups is 1. The van der Waals surface area contributed by atoms with Crippen molar-refractivity contribution < 1.29 is 4.92 Å². The lowest BCUT2D eigenvalue weighted by Gasteiger charge is -2.37. The Bertz CT molecular complexity index is 497. The molecule has 0 saturated carbocycles. The average molecular weight is 299 g/mol. The lowest BCUT2D eigenvalue weighted by Crippen LogP contribution is -2.52. The van der Waals surface area contributed by atoms with E-state index in [1.807, 2.05) is 0 Å². The van der Waals surface area contributed by atoms with Crippen molar-refractivity contribution >= 4 is 23.0 Å². The van der Waals surface area contributed by atoms with Gasteiger partial charge in [0.1, 0.15) is 0 Å². The van der Waals surface area contributed by atoms with E-state index in [-0.39, 0.29) is 5.69 Å². The minimum absolute atomic E-state index is 0.00932. The van der Waals surface area contributed by atoms with Gasteiger partial charge in [0.15, 0.2) is 0 Å². The summed E-state index contributed by atoms with van der Waals surface area (Å²) in [4.78, 5) is 14.8. The van der Waals surface area contributed by atoms with Crippen LogP contribution < -0.4 is 5.32 Å². The molecule has 0 aliphatic carbocycles. The first-order valence-electron chi connectivity index (χ1n) is 6.54. The molecule has 1 N–H and O–H groups in total. The van der Waals surface area contributed by atoms with Gasteiger partial charge < -0.3 is 10.2 Å². The van der Waals surface area contributed by atoms with Crippen LogP contribution in [0.15, 0.2) is 18.2 Å². The summed E-state index contributed by atoms with van der Waals surface area (Å²) >= 11 is 6.07. The summed E-state index contributed by atoms with van der Waals surface area (Å²) in [6.45, 7) is 3.87. The van der Waals surface area contributed by atoms with Crippen LogP contribution in [-0.2, 0) is 0 Å². The highest BCUT2D eigenvalue weighted by molar-refractivity contribution is 6.33. The fraction of sp³-hybridized carbons (Fsp3) is 0.538. The zero-order valence-electron chi connectivity index (χ0n) is 11.7. The van der Waals surface area contributed by atoms with E-state index in [2.05, 4.69) is 29.2 Å². The summed E-state index contributed by atoms with van der Waals surface area (Å²) in [7, 11) is 4.22. The van der Waals surface area contributed by atoms with Gasteiger partial charge in [0.25, 0.3) is 5.69 Å². The average Bonchev–Trinajstić information content (AvgIpc) is 2.40. The lowest BCUT2D eigenvalue weighted by atomic mass is 10.2. The van der Waals surface area contributed by atoms with Crippen LogP contribution in [0.5, 0.6) is 0 Å². The maximum atomic E-state index is 10.7. The number of nitro benzene ring substituents is 1. The van der Waals surface area contributed by atoms with Gasteiger partial charge in [-0.25, -0.2) is 0 Å². The number of anilines is 1. The van der Waals surface area contributed by atoms with Crippen molar-refractivity contribution in [3.63, 3.8) is 0 Å². The van der Waals surface area contributed by atoms with E-state index in [0.717, 1.165) is 31.9 Å². The highest BCUT2D eigenvalue weighted by Crippen LogP contribution is 2.26. The topological polar surface area (TPSA) is 61.6 Å². The Kier molecular flexibility index (Phi) is 4.80. The Morgan fingerprint density at radius 2 is 2.20 bits per heavy atom. The van der Waals surface area contributed by atoms with Gasteiger partial charge >= 0.3 is 0 Å². The second-order valence-electron chi connectivity index (χ2n) is 5.20. The minimum atomic E-state index is -0.445. The Balaban J connectivity index is 1.98. The van der Waals surface area contributed by atoms with E-state index < -0.39 is 4.92 Å². The van der Waals surface area contributed by atoms with Crippen LogP contribution in [0.3, 0.4) is 0 Å². The van der Waals surface area contributed by atoms with Crippen LogP contribution in [0.4, 0.5) is 11.4 Å². The van der Waals surface area contributed by atoms with Crippen molar-refractivity contribution in [1.29, 1.82) is 0 Å². The molecule has 20 heavy (non-hydrogen) atoms. The van der Waals surface area contributed by atoms with Gasteiger partial charge in [-0.05, 0) is 20.2 Å². The third-order valence-electron chi connectivity index (χ3n) is 3.67. The molecule has 1 aliphatic heterocycles. The maximum absolute atomic E-state index is 10.7. The van der Waals surface area contributed by atoms with E-state index in [1.54, 1.807) is 6.07 Å². The first kappa shape index (κ1) is 15.0. The number of hydrogen-bond acceptors (Lipinski definition) is 5. The molecule has 1 fully saturated rings. The molecule has 0 spiro atoms. The molecule has 1 saturated heterocycles. The normalized spacial score (nSPS) is 20.9. The summed E-state index contributed by atoms with van der Waals surface area (Å²) in [6, 6.07) is 4.90. The molecule has 7 heteroatoms.